The summed E-state index contributed by atoms with van der Waals surface area (Å²) in [6.45, 7) is 1.97. The SMILES string of the molecule is CCc1noc(CC(=O)C2CCCC2)n1. The van der Waals surface area contributed by atoms with Crippen LogP contribution in [-0.4, -0.2) is 15.9 Å². The summed E-state index contributed by atoms with van der Waals surface area (Å²) in [7, 11) is 0. The van der Waals surface area contributed by atoms with Crippen LogP contribution in [0.3, 0.4) is 0 Å². The van der Waals surface area contributed by atoms with Gasteiger partial charge in [0.05, 0.1) is 6.42 Å². The van der Waals surface area contributed by atoms with Crippen molar-refractivity contribution in [2.45, 2.75) is 45.4 Å². The Morgan fingerprint density at radius 2 is 2.20 bits per heavy atom. The molecule has 4 nitrogen and oxygen atoms in total. The average molecular weight is 208 g/mol. The number of aryl methyl sites for hydroxylation is 1. The Bertz CT molecular complexity index is 340. The average Bonchev–Trinajstić information content (AvgIpc) is 2.87. The van der Waals surface area contributed by atoms with E-state index in [0.29, 0.717) is 18.1 Å². The first-order valence-electron chi connectivity index (χ1n) is 5.63. The summed E-state index contributed by atoms with van der Waals surface area (Å²) in [5, 5.41) is 3.78. The van der Waals surface area contributed by atoms with Gasteiger partial charge in [-0.2, -0.15) is 4.98 Å². The van der Waals surface area contributed by atoms with Gasteiger partial charge in [-0.05, 0) is 12.8 Å². The van der Waals surface area contributed by atoms with Crippen LogP contribution in [0, 0.1) is 5.92 Å². The normalized spacial score (nSPS) is 17.1. The number of rotatable bonds is 4. The van der Waals surface area contributed by atoms with E-state index in [9.17, 15) is 4.79 Å². The molecule has 2 rings (SSSR count). The van der Waals surface area contributed by atoms with Gasteiger partial charge in [0.25, 0.3) is 0 Å². The van der Waals surface area contributed by atoms with Gasteiger partial charge in [-0.1, -0.05) is 24.9 Å². The van der Waals surface area contributed by atoms with Crippen LogP contribution in [0.25, 0.3) is 0 Å². The lowest BCUT2D eigenvalue weighted by atomic mass is 10.0. The van der Waals surface area contributed by atoms with Gasteiger partial charge in [0.15, 0.2) is 5.82 Å². The lowest BCUT2D eigenvalue weighted by Gasteiger charge is -2.04. The molecule has 4 heteroatoms. The number of hydrogen-bond donors (Lipinski definition) is 0. The zero-order chi connectivity index (χ0) is 10.7. The van der Waals surface area contributed by atoms with Gasteiger partial charge in [-0.3, -0.25) is 4.79 Å². The van der Waals surface area contributed by atoms with Crippen molar-refractivity contribution in [1.29, 1.82) is 0 Å². The molecule has 1 aromatic rings. The highest BCUT2D eigenvalue weighted by Crippen LogP contribution is 2.26. The fourth-order valence-corrected chi connectivity index (χ4v) is 2.05. The molecule has 0 unspecified atom stereocenters. The molecular formula is C11H16N2O2. The third-order valence-electron chi connectivity index (χ3n) is 2.96. The molecule has 0 aliphatic heterocycles. The molecule has 1 heterocycles. The topological polar surface area (TPSA) is 56.0 Å². The van der Waals surface area contributed by atoms with Gasteiger partial charge < -0.3 is 4.52 Å². The number of hydrogen-bond acceptors (Lipinski definition) is 4. The second kappa shape index (κ2) is 4.55. The molecule has 82 valence electrons. The molecule has 0 aromatic carbocycles. The molecule has 0 bridgehead atoms. The highest BCUT2D eigenvalue weighted by molar-refractivity contribution is 5.82. The predicted octanol–water partition coefficient (Wildman–Crippen LogP) is 1.93. The molecule has 1 fully saturated rings. The Morgan fingerprint density at radius 1 is 1.47 bits per heavy atom. The van der Waals surface area contributed by atoms with Crippen LogP contribution in [0.4, 0.5) is 0 Å². The van der Waals surface area contributed by atoms with E-state index in [4.69, 9.17) is 4.52 Å². The van der Waals surface area contributed by atoms with Crippen LogP contribution in [-0.2, 0) is 17.6 Å². The quantitative estimate of drug-likeness (QED) is 0.758. The second-order valence-electron chi connectivity index (χ2n) is 4.08. The van der Waals surface area contributed by atoms with Crippen molar-refractivity contribution in [1.82, 2.24) is 10.1 Å². The van der Waals surface area contributed by atoms with Crippen molar-refractivity contribution in [3.05, 3.63) is 11.7 Å². The maximum absolute atomic E-state index is 11.8. The summed E-state index contributed by atoms with van der Waals surface area (Å²) in [5.74, 6) is 1.66. The molecule has 1 aliphatic carbocycles. The molecule has 1 aliphatic rings. The van der Waals surface area contributed by atoms with Crippen molar-refractivity contribution >= 4 is 5.78 Å². The van der Waals surface area contributed by atoms with Crippen LogP contribution in [0.5, 0.6) is 0 Å². The monoisotopic (exact) mass is 208 g/mol. The van der Waals surface area contributed by atoms with Gasteiger partial charge in [-0.15, -0.1) is 0 Å². The molecule has 0 spiro atoms. The van der Waals surface area contributed by atoms with E-state index in [2.05, 4.69) is 10.1 Å². The third kappa shape index (κ3) is 2.43. The van der Waals surface area contributed by atoms with E-state index in [1.807, 2.05) is 6.92 Å². The van der Waals surface area contributed by atoms with Gasteiger partial charge in [0, 0.05) is 12.3 Å². The maximum Gasteiger partial charge on any atom is 0.234 e. The van der Waals surface area contributed by atoms with Crippen molar-refractivity contribution < 1.29 is 9.32 Å². The predicted molar refractivity (Wildman–Crippen MR) is 54.3 cm³/mol. The summed E-state index contributed by atoms with van der Waals surface area (Å²) < 4.78 is 5.00. The Labute approximate surface area is 89.1 Å². The molecule has 0 radical (unpaired) electrons. The van der Waals surface area contributed by atoms with Crippen molar-refractivity contribution in [3.63, 3.8) is 0 Å². The third-order valence-corrected chi connectivity index (χ3v) is 2.96. The van der Waals surface area contributed by atoms with E-state index in [1.165, 1.54) is 12.8 Å². The first kappa shape index (κ1) is 10.3. The van der Waals surface area contributed by atoms with Gasteiger partial charge in [-0.25, -0.2) is 0 Å². The zero-order valence-corrected chi connectivity index (χ0v) is 9.03. The first-order valence-corrected chi connectivity index (χ1v) is 5.63. The highest BCUT2D eigenvalue weighted by Gasteiger charge is 2.24. The molecular weight excluding hydrogens is 192 g/mol. The van der Waals surface area contributed by atoms with Gasteiger partial charge in [0.2, 0.25) is 5.89 Å². The Morgan fingerprint density at radius 3 is 2.80 bits per heavy atom. The fraction of sp³-hybridized carbons (Fsp3) is 0.727. The maximum atomic E-state index is 11.8. The van der Waals surface area contributed by atoms with Gasteiger partial charge in [0.1, 0.15) is 5.78 Å². The zero-order valence-electron chi connectivity index (χ0n) is 9.03. The van der Waals surface area contributed by atoms with E-state index in [-0.39, 0.29) is 11.7 Å². The lowest BCUT2D eigenvalue weighted by molar-refractivity contribution is -0.122. The molecule has 1 aromatic heterocycles. The highest BCUT2D eigenvalue weighted by atomic mass is 16.5. The summed E-state index contributed by atoms with van der Waals surface area (Å²) in [4.78, 5) is 15.9. The first-order chi connectivity index (χ1) is 7.29. The Kier molecular flexibility index (Phi) is 3.14. The van der Waals surface area contributed by atoms with E-state index in [0.717, 1.165) is 19.3 Å². The van der Waals surface area contributed by atoms with Crippen molar-refractivity contribution in [2.24, 2.45) is 5.92 Å². The molecule has 0 amide bonds. The number of aromatic nitrogens is 2. The number of ketones is 1. The lowest BCUT2D eigenvalue weighted by Crippen LogP contribution is -2.13. The molecule has 1 saturated carbocycles. The Balaban J connectivity index is 1.92. The van der Waals surface area contributed by atoms with Gasteiger partial charge >= 0.3 is 0 Å². The molecule has 15 heavy (non-hydrogen) atoms. The summed E-state index contributed by atoms with van der Waals surface area (Å²) in [5.41, 5.74) is 0. The number of carbonyl (C=O) groups excluding carboxylic acids is 1. The minimum Gasteiger partial charge on any atom is -0.339 e. The second-order valence-corrected chi connectivity index (χ2v) is 4.08. The van der Waals surface area contributed by atoms with Crippen LogP contribution in [0.1, 0.15) is 44.3 Å². The van der Waals surface area contributed by atoms with E-state index >= 15 is 0 Å². The molecule has 0 saturated heterocycles. The van der Waals surface area contributed by atoms with Crippen molar-refractivity contribution in [2.75, 3.05) is 0 Å². The number of nitrogens with zero attached hydrogens (tertiary/aromatic N) is 2. The largest absolute Gasteiger partial charge is 0.339 e. The summed E-state index contributed by atoms with van der Waals surface area (Å²) in [6.07, 6.45) is 5.50. The summed E-state index contributed by atoms with van der Waals surface area (Å²) >= 11 is 0. The van der Waals surface area contributed by atoms with E-state index in [1.54, 1.807) is 0 Å². The minimum atomic E-state index is 0.238. The van der Waals surface area contributed by atoms with Crippen LogP contribution >= 0.6 is 0 Å². The smallest absolute Gasteiger partial charge is 0.234 e. The molecule has 0 atom stereocenters. The standard InChI is InChI=1S/C11H16N2O2/c1-2-10-12-11(15-13-10)7-9(14)8-5-3-4-6-8/h8H,2-7H2,1H3. The van der Waals surface area contributed by atoms with Crippen LogP contribution < -0.4 is 0 Å². The fourth-order valence-electron chi connectivity index (χ4n) is 2.05. The number of carbonyl (C=O) groups is 1. The van der Waals surface area contributed by atoms with Crippen molar-refractivity contribution in [3.8, 4) is 0 Å². The van der Waals surface area contributed by atoms with Crippen LogP contribution in [0.15, 0.2) is 4.52 Å². The summed E-state index contributed by atoms with van der Waals surface area (Å²) in [6, 6.07) is 0. The number of Topliss-reactive ketones (excluding diaryl/α,β-unsaturated/α-hetero) is 1. The Hall–Kier alpha value is -1.19. The molecule has 0 N–H and O–H groups in total. The minimum absolute atomic E-state index is 0.238. The van der Waals surface area contributed by atoms with E-state index < -0.39 is 0 Å². The van der Waals surface area contributed by atoms with Crippen LogP contribution in [0.2, 0.25) is 0 Å².